The summed E-state index contributed by atoms with van der Waals surface area (Å²) in [6.45, 7) is 3.01. The first kappa shape index (κ1) is 30.2. The van der Waals surface area contributed by atoms with Gasteiger partial charge in [0.15, 0.2) is 11.5 Å². The Morgan fingerprint density at radius 2 is 1.73 bits per heavy atom. The Morgan fingerprint density at radius 3 is 2.34 bits per heavy atom. The van der Waals surface area contributed by atoms with Crippen LogP contribution in [0.25, 0.3) is 0 Å². The number of hydrogen-bond acceptors (Lipinski definition) is 8. The molecule has 0 aliphatic carbocycles. The molecule has 1 aliphatic rings. The predicted molar refractivity (Wildman–Crippen MR) is 156 cm³/mol. The zero-order chi connectivity index (χ0) is 29.2. The highest BCUT2D eigenvalue weighted by molar-refractivity contribution is 7.10. The lowest BCUT2D eigenvalue weighted by Crippen LogP contribution is -2.47. The number of fused-ring (bicyclic) bond motifs is 1. The molecule has 41 heavy (non-hydrogen) atoms. The number of likely N-dealkylation sites (N-methyl/N-ethyl adjacent to an activating group) is 1. The van der Waals surface area contributed by atoms with Crippen LogP contribution in [0.2, 0.25) is 0 Å². The minimum atomic E-state index is -1.05. The van der Waals surface area contributed by atoms with E-state index in [9.17, 15) is 19.5 Å². The molecule has 2 unspecified atom stereocenters. The van der Waals surface area contributed by atoms with Gasteiger partial charge in [-0.2, -0.15) is 0 Å². The van der Waals surface area contributed by atoms with Gasteiger partial charge in [0.1, 0.15) is 6.61 Å². The first-order valence-electron chi connectivity index (χ1n) is 13.4. The average molecular weight is 602 g/mol. The molecule has 3 heterocycles. The fraction of sp³-hybridized carbons (Fsp3) is 0.414. The molecule has 0 saturated heterocycles. The molecule has 2 atom stereocenters. The number of carboxylic acid groups (broad SMARTS) is 1. The summed E-state index contributed by atoms with van der Waals surface area (Å²) in [7, 11) is 1.63. The minimum Gasteiger partial charge on any atom is -0.481 e. The largest absolute Gasteiger partial charge is 0.481 e. The molecule has 3 amide bonds. The van der Waals surface area contributed by atoms with Gasteiger partial charge in [-0.1, -0.05) is 38.0 Å². The van der Waals surface area contributed by atoms with Crippen molar-refractivity contribution in [3.63, 3.8) is 0 Å². The third-order valence-electron chi connectivity index (χ3n) is 6.75. The molecule has 1 aromatic carbocycles. The van der Waals surface area contributed by atoms with Gasteiger partial charge in [0.05, 0.1) is 31.6 Å². The van der Waals surface area contributed by atoms with E-state index in [1.807, 2.05) is 35.0 Å². The molecule has 0 bridgehead atoms. The third-order valence-corrected chi connectivity index (χ3v) is 8.47. The van der Waals surface area contributed by atoms with Crippen LogP contribution >= 0.6 is 22.7 Å². The van der Waals surface area contributed by atoms with Crippen LogP contribution in [-0.4, -0.2) is 59.5 Å². The van der Waals surface area contributed by atoms with Gasteiger partial charge >= 0.3 is 18.1 Å². The SMILES string of the molecule is CCCCC(COC(=O)N(Cc1cccs1)Cc1cccs1)N(C)C(=O)NC(CC(=O)O)c1ccc2c(c1)OCO2. The summed E-state index contributed by atoms with van der Waals surface area (Å²) in [6, 6.07) is 11.3. The molecule has 4 rings (SSSR count). The van der Waals surface area contributed by atoms with Crippen molar-refractivity contribution < 1.29 is 33.7 Å². The number of carboxylic acids is 1. The van der Waals surface area contributed by atoms with Crippen molar-refractivity contribution in [2.75, 3.05) is 20.4 Å². The van der Waals surface area contributed by atoms with E-state index in [-0.39, 0.29) is 19.8 Å². The smallest absolute Gasteiger partial charge is 0.410 e. The lowest BCUT2D eigenvalue weighted by molar-refractivity contribution is -0.137. The Balaban J connectivity index is 1.42. The summed E-state index contributed by atoms with van der Waals surface area (Å²) in [5.74, 6) is 0.0199. The van der Waals surface area contributed by atoms with Crippen molar-refractivity contribution in [2.24, 2.45) is 0 Å². The topological polar surface area (TPSA) is 118 Å². The number of nitrogens with zero attached hydrogens (tertiary/aromatic N) is 2. The number of thiophene rings is 2. The molecule has 10 nitrogen and oxygen atoms in total. The first-order valence-corrected chi connectivity index (χ1v) is 15.2. The molecule has 0 fully saturated rings. The molecule has 2 aromatic heterocycles. The van der Waals surface area contributed by atoms with Gasteiger partial charge in [-0.15, -0.1) is 22.7 Å². The van der Waals surface area contributed by atoms with Gasteiger partial charge in [0.2, 0.25) is 6.79 Å². The second kappa shape index (κ2) is 14.7. The van der Waals surface area contributed by atoms with Crippen molar-refractivity contribution in [3.05, 3.63) is 68.5 Å². The number of urea groups is 1. The van der Waals surface area contributed by atoms with Gasteiger partial charge in [-0.25, -0.2) is 9.59 Å². The normalized spacial score (nSPS) is 13.3. The highest BCUT2D eigenvalue weighted by Gasteiger charge is 2.27. The molecule has 1 aliphatic heterocycles. The monoisotopic (exact) mass is 601 g/mol. The van der Waals surface area contributed by atoms with Crippen LogP contribution < -0.4 is 14.8 Å². The van der Waals surface area contributed by atoms with Gasteiger partial charge in [-0.3, -0.25) is 9.69 Å². The molecule has 12 heteroatoms. The van der Waals surface area contributed by atoms with E-state index < -0.39 is 30.2 Å². The zero-order valence-corrected chi connectivity index (χ0v) is 24.7. The average Bonchev–Trinajstić information content (AvgIpc) is 3.75. The number of benzene rings is 1. The van der Waals surface area contributed by atoms with E-state index in [0.29, 0.717) is 36.6 Å². The second-order valence-corrected chi connectivity index (χ2v) is 11.8. The molecular weight excluding hydrogens is 566 g/mol. The maximum absolute atomic E-state index is 13.4. The predicted octanol–water partition coefficient (Wildman–Crippen LogP) is 6.09. The summed E-state index contributed by atoms with van der Waals surface area (Å²) in [4.78, 5) is 43.5. The van der Waals surface area contributed by atoms with Crippen LogP contribution in [0.5, 0.6) is 11.5 Å². The number of amides is 3. The number of carbonyl (C=O) groups excluding carboxylic acids is 2. The van der Waals surface area contributed by atoms with E-state index >= 15 is 0 Å². The number of hydrogen-bond donors (Lipinski definition) is 2. The van der Waals surface area contributed by atoms with Crippen molar-refractivity contribution in [3.8, 4) is 11.5 Å². The van der Waals surface area contributed by atoms with Gasteiger partial charge in [0, 0.05) is 16.8 Å². The van der Waals surface area contributed by atoms with E-state index in [1.165, 1.54) is 4.90 Å². The van der Waals surface area contributed by atoms with Crippen LogP contribution in [0.15, 0.2) is 53.2 Å². The molecule has 3 aromatic rings. The quantitative estimate of drug-likeness (QED) is 0.230. The molecule has 0 saturated carbocycles. The molecule has 220 valence electrons. The Kier molecular flexibility index (Phi) is 10.9. The van der Waals surface area contributed by atoms with Crippen LogP contribution in [0, 0.1) is 0 Å². The fourth-order valence-electron chi connectivity index (χ4n) is 4.43. The third kappa shape index (κ3) is 8.61. The summed E-state index contributed by atoms with van der Waals surface area (Å²) in [6.07, 6.45) is 1.59. The summed E-state index contributed by atoms with van der Waals surface area (Å²) in [5.41, 5.74) is 0.590. The van der Waals surface area contributed by atoms with Gasteiger partial charge < -0.3 is 29.5 Å². The first-order chi connectivity index (χ1) is 19.8. The highest BCUT2D eigenvalue weighted by Crippen LogP contribution is 2.35. The second-order valence-electron chi connectivity index (χ2n) is 9.71. The molecule has 2 N–H and O–H groups in total. The van der Waals surface area contributed by atoms with Crippen molar-refractivity contribution in [1.82, 2.24) is 15.1 Å². The van der Waals surface area contributed by atoms with E-state index in [0.717, 1.165) is 22.6 Å². The van der Waals surface area contributed by atoms with Crippen LogP contribution in [-0.2, 0) is 22.6 Å². The van der Waals surface area contributed by atoms with Crippen LogP contribution in [0.4, 0.5) is 9.59 Å². The number of ether oxygens (including phenoxy) is 3. The number of carbonyl (C=O) groups is 3. The number of rotatable bonds is 14. The van der Waals surface area contributed by atoms with Crippen molar-refractivity contribution in [1.29, 1.82) is 0 Å². The lowest BCUT2D eigenvalue weighted by Gasteiger charge is -2.31. The maximum Gasteiger partial charge on any atom is 0.410 e. The highest BCUT2D eigenvalue weighted by atomic mass is 32.1. The summed E-state index contributed by atoms with van der Waals surface area (Å²) in [5, 5.41) is 16.3. The Bertz CT molecular complexity index is 1250. The molecule has 0 spiro atoms. The number of nitrogens with one attached hydrogen (secondary N) is 1. The summed E-state index contributed by atoms with van der Waals surface area (Å²) >= 11 is 3.15. The Labute approximate surface area is 247 Å². The Hall–Kier alpha value is -3.77. The fourth-order valence-corrected chi connectivity index (χ4v) is 5.87. The van der Waals surface area contributed by atoms with Crippen LogP contribution in [0.1, 0.15) is 54.0 Å². The standard InChI is InChI=1S/C29H35N3O7S2/c1-3-4-7-21(18-37-29(36)32(16-22-8-5-12-40-22)17-23-9-6-13-41-23)31(2)28(35)30-24(15-27(33)34)20-10-11-25-26(14-20)39-19-38-25/h5-6,8-14,21,24H,3-4,7,15-19H2,1-2H3,(H,30,35)(H,33,34). The molecular formula is C29H35N3O7S2. The minimum absolute atomic E-state index is 0.0156. The van der Waals surface area contributed by atoms with Crippen molar-refractivity contribution in [2.45, 2.75) is 57.8 Å². The molecule has 0 radical (unpaired) electrons. The lowest BCUT2D eigenvalue weighted by atomic mass is 10.0. The van der Waals surface area contributed by atoms with E-state index in [2.05, 4.69) is 12.2 Å². The number of unbranched alkanes of at least 4 members (excludes halogenated alkanes) is 1. The maximum atomic E-state index is 13.4. The Morgan fingerprint density at radius 1 is 1.05 bits per heavy atom. The van der Waals surface area contributed by atoms with Crippen molar-refractivity contribution >= 4 is 40.8 Å². The zero-order valence-electron chi connectivity index (χ0n) is 23.1. The summed E-state index contributed by atoms with van der Waals surface area (Å²) < 4.78 is 16.6. The van der Waals surface area contributed by atoms with Crippen LogP contribution in [0.3, 0.4) is 0 Å². The van der Waals surface area contributed by atoms with E-state index in [4.69, 9.17) is 14.2 Å². The van der Waals surface area contributed by atoms with Gasteiger partial charge in [0.25, 0.3) is 0 Å². The number of aliphatic carboxylic acids is 1. The van der Waals surface area contributed by atoms with E-state index in [1.54, 1.807) is 52.8 Å². The van der Waals surface area contributed by atoms with Gasteiger partial charge in [-0.05, 0) is 47.0 Å².